The molecule has 0 saturated heterocycles. The minimum Gasteiger partial charge on any atom is -0.609 e. The van der Waals surface area contributed by atoms with Gasteiger partial charge in [0.2, 0.25) is 0 Å². The van der Waals surface area contributed by atoms with Crippen LogP contribution in [0.3, 0.4) is 0 Å². The summed E-state index contributed by atoms with van der Waals surface area (Å²) in [6, 6.07) is 10.8. The van der Waals surface area contributed by atoms with Gasteiger partial charge in [0.1, 0.15) is 23.1 Å². The molecule has 1 unspecified atom stereocenters. The fourth-order valence-corrected chi connectivity index (χ4v) is 5.45. The van der Waals surface area contributed by atoms with Gasteiger partial charge in [0, 0.05) is 34.5 Å². The Hall–Kier alpha value is -2.38. The normalized spacial score (nSPS) is 19.3. The maximum atomic E-state index is 13.4. The second-order valence-corrected chi connectivity index (χ2v) is 9.17. The van der Waals surface area contributed by atoms with Crippen molar-refractivity contribution >= 4 is 17.0 Å². The van der Waals surface area contributed by atoms with Crippen molar-refractivity contribution in [2.45, 2.75) is 49.8 Å². The summed E-state index contributed by atoms with van der Waals surface area (Å²) in [5.74, 6) is 1.15. The zero-order valence-corrected chi connectivity index (χ0v) is 16.9. The number of imidazole rings is 1. The van der Waals surface area contributed by atoms with Crippen LogP contribution in [-0.4, -0.2) is 30.9 Å². The van der Waals surface area contributed by atoms with Gasteiger partial charge in [-0.2, -0.15) is 4.98 Å². The molecule has 5 nitrogen and oxygen atoms in total. The Morgan fingerprint density at radius 1 is 1.07 bits per heavy atom. The van der Waals surface area contributed by atoms with E-state index in [-0.39, 0.29) is 5.82 Å². The van der Waals surface area contributed by atoms with Gasteiger partial charge in [0.15, 0.2) is 0 Å². The van der Waals surface area contributed by atoms with Gasteiger partial charge in [-0.3, -0.25) is 4.57 Å². The number of anilines is 1. The van der Waals surface area contributed by atoms with Crippen molar-refractivity contribution in [3.63, 3.8) is 0 Å². The van der Waals surface area contributed by atoms with E-state index in [2.05, 4.69) is 10.3 Å². The standard InChI is InChI=1S/C22H23FN4OS/c23-17-8-6-15(7-9-17)20-21(27-12-13-29(28)22(27)26-20)16-10-11-24-19(14-16)25-18-4-2-1-3-5-18/h6-11,14,18H,1-5,12-13H2,(H,24,25). The highest BCUT2D eigenvalue weighted by Crippen LogP contribution is 2.37. The fourth-order valence-electron chi connectivity index (χ4n) is 4.29. The maximum absolute atomic E-state index is 13.4. The first-order valence-electron chi connectivity index (χ1n) is 10.2. The lowest BCUT2D eigenvalue weighted by Gasteiger charge is -2.23. The molecule has 0 amide bonds. The summed E-state index contributed by atoms with van der Waals surface area (Å²) in [7, 11) is 0. The number of halogens is 1. The summed E-state index contributed by atoms with van der Waals surface area (Å²) in [4.78, 5) is 9.21. The van der Waals surface area contributed by atoms with E-state index in [1.807, 2.05) is 16.7 Å². The predicted molar refractivity (Wildman–Crippen MR) is 113 cm³/mol. The van der Waals surface area contributed by atoms with E-state index in [1.54, 1.807) is 18.3 Å². The lowest BCUT2D eigenvalue weighted by molar-refractivity contribution is 0.462. The van der Waals surface area contributed by atoms with E-state index in [4.69, 9.17) is 4.98 Å². The molecule has 29 heavy (non-hydrogen) atoms. The first-order chi connectivity index (χ1) is 14.2. The Bertz CT molecular complexity index is 1010. The zero-order chi connectivity index (χ0) is 19.8. The molecule has 1 aliphatic heterocycles. The van der Waals surface area contributed by atoms with Crippen molar-refractivity contribution in [1.82, 2.24) is 14.5 Å². The van der Waals surface area contributed by atoms with E-state index >= 15 is 0 Å². The second kappa shape index (κ2) is 7.80. The van der Waals surface area contributed by atoms with Gasteiger partial charge >= 0.3 is 5.16 Å². The number of benzene rings is 1. The van der Waals surface area contributed by atoms with Crippen LogP contribution >= 0.6 is 0 Å². The number of nitrogens with one attached hydrogen (secondary N) is 1. The molecule has 3 heterocycles. The second-order valence-electron chi connectivity index (χ2n) is 7.71. The highest BCUT2D eigenvalue weighted by Gasteiger charge is 2.33. The van der Waals surface area contributed by atoms with Gasteiger partial charge in [-0.15, -0.1) is 0 Å². The van der Waals surface area contributed by atoms with Gasteiger partial charge < -0.3 is 9.87 Å². The van der Waals surface area contributed by atoms with Gasteiger partial charge in [0.25, 0.3) is 0 Å². The summed E-state index contributed by atoms with van der Waals surface area (Å²) in [6.45, 7) is 0.666. The minimum absolute atomic E-state index is 0.284. The molecule has 2 aromatic heterocycles. The van der Waals surface area contributed by atoms with Crippen LogP contribution in [0, 0.1) is 5.82 Å². The summed E-state index contributed by atoms with van der Waals surface area (Å²) in [6.07, 6.45) is 7.98. The molecule has 150 valence electrons. The maximum Gasteiger partial charge on any atom is 0.324 e. The Morgan fingerprint density at radius 2 is 1.86 bits per heavy atom. The number of fused-ring (bicyclic) bond motifs is 1. The molecule has 1 saturated carbocycles. The molecular weight excluding hydrogens is 387 g/mol. The number of hydrogen-bond acceptors (Lipinski definition) is 4. The number of nitrogens with zero attached hydrogens (tertiary/aromatic N) is 3. The average Bonchev–Trinajstić information content (AvgIpc) is 3.29. The van der Waals surface area contributed by atoms with E-state index in [1.165, 1.54) is 44.2 Å². The predicted octanol–water partition coefficient (Wildman–Crippen LogP) is 4.62. The molecule has 7 heteroatoms. The Kier molecular flexibility index (Phi) is 5.01. The van der Waals surface area contributed by atoms with E-state index in [0.717, 1.165) is 28.3 Å². The molecule has 1 aliphatic carbocycles. The van der Waals surface area contributed by atoms with Crippen LogP contribution in [0.15, 0.2) is 47.8 Å². The van der Waals surface area contributed by atoms with Crippen molar-refractivity contribution in [3.8, 4) is 22.5 Å². The molecule has 1 aromatic carbocycles. The van der Waals surface area contributed by atoms with E-state index < -0.39 is 11.2 Å². The summed E-state index contributed by atoms with van der Waals surface area (Å²) >= 11 is -1.10. The molecule has 3 aromatic rings. The van der Waals surface area contributed by atoms with Crippen LogP contribution in [0.5, 0.6) is 0 Å². The van der Waals surface area contributed by atoms with Crippen LogP contribution in [0.25, 0.3) is 22.5 Å². The van der Waals surface area contributed by atoms with Crippen LogP contribution in [0.4, 0.5) is 10.2 Å². The third-order valence-corrected chi connectivity index (χ3v) is 7.02. The third-order valence-electron chi connectivity index (χ3n) is 5.74. The van der Waals surface area contributed by atoms with Crippen molar-refractivity contribution in [2.24, 2.45) is 0 Å². The minimum atomic E-state index is -1.10. The Labute approximate surface area is 172 Å². The van der Waals surface area contributed by atoms with Crippen LogP contribution < -0.4 is 5.32 Å². The summed E-state index contributed by atoms with van der Waals surface area (Å²) in [5, 5.41) is 4.17. The number of rotatable bonds is 4. The van der Waals surface area contributed by atoms with Gasteiger partial charge in [0.05, 0.1) is 12.2 Å². The number of pyridine rings is 1. The molecule has 2 aliphatic rings. The monoisotopic (exact) mass is 410 g/mol. The molecule has 5 rings (SSSR count). The Balaban J connectivity index is 1.55. The molecule has 0 bridgehead atoms. The average molecular weight is 411 g/mol. The lowest BCUT2D eigenvalue weighted by atomic mass is 9.95. The summed E-state index contributed by atoms with van der Waals surface area (Å²) in [5.41, 5.74) is 3.46. The van der Waals surface area contributed by atoms with E-state index in [0.29, 0.717) is 23.5 Å². The molecule has 1 atom stereocenters. The summed E-state index contributed by atoms with van der Waals surface area (Å²) < 4.78 is 27.9. The first-order valence-corrected chi connectivity index (χ1v) is 11.5. The topological polar surface area (TPSA) is 65.8 Å². The lowest BCUT2D eigenvalue weighted by Crippen LogP contribution is -2.22. The van der Waals surface area contributed by atoms with Gasteiger partial charge in [-0.1, -0.05) is 19.3 Å². The number of aromatic nitrogens is 3. The molecule has 0 radical (unpaired) electrons. The van der Waals surface area contributed by atoms with Crippen molar-refractivity contribution < 1.29 is 8.94 Å². The van der Waals surface area contributed by atoms with Crippen molar-refractivity contribution in [1.29, 1.82) is 0 Å². The molecular formula is C22H23FN4OS. The first kappa shape index (κ1) is 18.6. The largest absolute Gasteiger partial charge is 0.609 e. The highest BCUT2D eigenvalue weighted by molar-refractivity contribution is 7.91. The SMILES string of the molecule is [O-][S+]1CCn2c1nc(-c1ccc(F)cc1)c2-c1ccnc(NC2CCCCC2)c1. The third kappa shape index (κ3) is 3.65. The van der Waals surface area contributed by atoms with Crippen LogP contribution in [0.2, 0.25) is 0 Å². The fraction of sp³-hybridized carbons (Fsp3) is 0.364. The number of hydrogen-bond donors (Lipinski definition) is 1. The quantitative estimate of drug-likeness (QED) is 0.638. The van der Waals surface area contributed by atoms with Crippen LogP contribution in [0.1, 0.15) is 32.1 Å². The highest BCUT2D eigenvalue weighted by atomic mass is 32.2. The van der Waals surface area contributed by atoms with E-state index in [9.17, 15) is 8.94 Å². The Morgan fingerprint density at radius 3 is 2.66 bits per heavy atom. The molecule has 0 spiro atoms. The van der Waals surface area contributed by atoms with Crippen LogP contribution in [-0.2, 0) is 17.7 Å². The van der Waals surface area contributed by atoms with Gasteiger partial charge in [-0.25, -0.2) is 9.37 Å². The van der Waals surface area contributed by atoms with Crippen molar-refractivity contribution in [2.75, 3.05) is 11.1 Å². The van der Waals surface area contributed by atoms with Gasteiger partial charge in [-0.05, 0) is 49.2 Å². The van der Waals surface area contributed by atoms with Crippen molar-refractivity contribution in [3.05, 3.63) is 48.4 Å². The molecule has 1 fully saturated rings. The molecule has 1 N–H and O–H groups in total. The smallest absolute Gasteiger partial charge is 0.324 e. The zero-order valence-electron chi connectivity index (χ0n) is 16.1.